The van der Waals surface area contributed by atoms with Crippen molar-refractivity contribution in [2.45, 2.75) is 29.9 Å². The number of pyridine rings is 1. The first-order valence-corrected chi connectivity index (χ1v) is 10.5. The number of thioether (sulfide) groups is 1. The molecule has 0 spiro atoms. The number of halogens is 1. The first-order valence-electron chi connectivity index (χ1n) is 9.29. The predicted molar refractivity (Wildman–Crippen MR) is 113 cm³/mol. The monoisotopic (exact) mass is 408 g/mol. The van der Waals surface area contributed by atoms with E-state index >= 15 is 0 Å². The van der Waals surface area contributed by atoms with Crippen molar-refractivity contribution >= 4 is 22.7 Å². The Balaban J connectivity index is 1.69. The van der Waals surface area contributed by atoms with Gasteiger partial charge < -0.3 is 5.11 Å². The fraction of sp³-hybridized carbons (Fsp3) is 0.227. The number of hydrogen-bond donors (Lipinski definition) is 1. The van der Waals surface area contributed by atoms with Crippen LogP contribution in [-0.2, 0) is 0 Å². The first-order chi connectivity index (χ1) is 14.1. The largest absolute Gasteiger partial charge is 0.390 e. The lowest BCUT2D eigenvalue weighted by Gasteiger charge is -2.28. The third-order valence-corrected chi connectivity index (χ3v) is 5.88. The Morgan fingerprint density at radius 2 is 1.86 bits per heavy atom. The van der Waals surface area contributed by atoms with Crippen LogP contribution < -0.4 is 0 Å². The molecule has 0 aliphatic rings. The summed E-state index contributed by atoms with van der Waals surface area (Å²) in [6.07, 6.45) is 4.19. The van der Waals surface area contributed by atoms with Crippen molar-refractivity contribution in [2.75, 3.05) is 6.26 Å². The van der Waals surface area contributed by atoms with Crippen LogP contribution in [0.15, 0.2) is 72.1 Å². The predicted octanol–water partition coefficient (Wildman–Crippen LogP) is 4.44. The highest BCUT2D eigenvalue weighted by Crippen LogP contribution is 2.31. The SMILES string of the molecule is CSc1ccc2nc(C(C)C(O)C(c3ccc(F)cc3)n3cncn3)ccc2c1. The van der Waals surface area contributed by atoms with Gasteiger partial charge in [-0.3, -0.25) is 4.98 Å². The van der Waals surface area contributed by atoms with E-state index in [2.05, 4.69) is 16.1 Å². The van der Waals surface area contributed by atoms with Crippen LogP contribution in [0.25, 0.3) is 10.9 Å². The van der Waals surface area contributed by atoms with E-state index < -0.39 is 12.1 Å². The van der Waals surface area contributed by atoms with Gasteiger partial charge in [-0.15, -0.1) is 11.8 Å². The average molecular weight is 409 g/mol. The van der Waals surface area contributed by atoms with E-state index in [1.807, 2.05) is 37.4 Å². The van der Waals surface area contributed by atoms with E-state index in [1.54, 1.807) is 34.9 Å². The molecular weight excluding hydrogens is 387 g/mol. The van der Waals surface area contributed by atoms with Crippen LogP contribution in [0.2, 0.25) is 0 Å². The van der Waals surface area contributed by atoms with Crippen molar-refractivity contribution in [3.8, 4) is 0 Å². The molecule has 2 heterocycles. The molecule has 0 saturated carbocycles. The molecule has 4 aromatic rings. The quantitative estimate of drug-likeness (QED) is 0.478. The van der Waals surface area contributed by atoms with E-state index in [9.17, 15) is 9.50 Å². The molecule has 3 atom stereocenters. The molecule has 3 unspecified atom stereocenters. The van der Waals surface area contributed by atoms with Crippen LogP contribution in [-0.4, -0.2) is 37.2 Å². The van der Waals surface area contributed by atoms with Crippen LogP contribution in [0.3, 0.4) is 0 Å². The fourth-order valence-corrected chi connectivity index (χ4v) is 3.92. The maximum absolute atomic E-state index is 13.4. The number of nitrogens with zero attached hydrogens (tertiary/aromatic N) is 4. The van der Waals surface area contributed by atoms with Gasteiger partial charge in [0.2, 0.25) is 0 Å². The lowest BCUT2D eigenvalue weighted by Crippen LogP contribution is -2.30. The molecule has 29 heavy (non-hydrogen) atoms. The topological polar surface area (TPSA) is 63.8 Å². The van der Waals surface area contributed by atoms with Gasteiger partial charge >= 0.3 is 0 Å². The molecule has 0 fully saturated rings. The van der Waals surface area contributed by atoms with Crippen LogP contribution in [0.5, 0.6) is 0 Å². The minimum absolute atomic E-state index is 0.279. The zero-order valence-electron chi connectivity index (χ0n) is 16.1. The van der Waals surface area contributed by atoms with Gasteiger partial charge in [-0.25, -0.2) is 14.1 Å². The van der Waals surface area contributed by atoms with Gasteiger partial charge in [0, 0.05) is 21.9 Å². The molecule has 0 aliphatic carbocycles. The second-order valence-electron chi connectivity index (χ2n) is 6.95. The van der Waals surface area contributed by atoms with Gasteiger partial charge in [0.25, 0.3) is 0 Å². The second kappa shape index (κ2) is 8.31. The zero-order valence-corrected chi connectivity index (χ0v) is 16.9. The minimum atomic E-state index is -0.836. The van der Waals surface area contributed by atoms with E-state index in [0.717, 1.165) is 22.2 Å². The molecule has 2 aromatic heterocycles. The standard InChI is InChI=1S/C22H21FN4OS/c1-14(19-9-5-16-11-18(29-2)8-10-20(16)26-19)22(28)21(27-13-24-12-25-27)15-3-6-17(23)7-4-15/h3-14,21-22,28H,1-2H3. The summed E-state index contributed by atoms with van der Waals surface area (Å²) in [5.41, 5.74) is 2.43. The summed E-state index contributed by atoms with van der Waals surface area (Å²) in [5, 5.41) is 16.5. The number of fused-ring (bicyclic) bond motifs is 1. The van der Waals surface area contributed by atoms with Gasteiger partial charge in [-0.2, -0.15) is 5.10 Å². The maximum atomic E-state index is 13.4. The van der Waals surface area contributed by atoms with Crippen LogP contribution in [0, 0.1) is 5.82 Å². The van der Waals surface area contributed by atoms with Crippen molar-refractivity contribution in [3.63, 3.8) is 0 Å². The van der Waals surface area contributed by atoms with Gasteiger partial charge in [-0.1, -0.05) is 25.1 Å². The normalized spacial score (nSPS) is 14.6. The molecule has 4 rings (SSSR count). The number of aliphatic hydroxyl groups is 1. The Kier molecular flexibility index (Phi) is 5.60. The second-order valence-corrected chi connectivity index (χ2v) is 7.83. The highest BCUT2D eigenvalue weighted by molar-refractivity contribution is 7.98. The smallest absolute Gasteiger partial charge is 0.137 e. The van der Waals surface area contributed by atoms with E-state index in [0.29, 0.717) is 0 Å². The molecule has 1 N–H and O–H groups in total. The highest BCUT2D eigenvalue weighted by atomic mass is 32.2. The first kappa shape index (κ1) is 19.5. The van der Waals surface area contributed by atoms with Gasteiger partial charge in [0.1, 0.15) is 24.5 Å². The molecule has 148 valence electrons. The van der Waals surface area contributed by atoms with Gasteiger partial charge in [0.05, 0.1) is 11.6 Å². The fourth-order valence-electron chi connectivity index (χ4n) is 3.48. The number of benzene rings is 2. The molecule has 5 nitrogen and oxygen atoms in total. The van der Waals surface area contributed by atoms with Gasteiger partial charge in [-0.05, 0) is 48.2 Å². The molecule has 0 radical (unpaired) electrons. The summed E-state index contributed by atoms with van der Waals surface area (Å²) >= 11 is 1.69. The summed E-state index contributed by atoms with van der Waals surface area (Å²) in [7, 11) is 0. The Hall–Kier alpha value is -2.77. The van der Waals surface area contributed by atoms with Crippen molar-refractivity contribution in [2.24, 2.45) is 0 Å². The molecule has 0 aliphatic heterocycles. The molecule has 7 heteroatoms. The average Bonchev–Trinajstić information content (AvgIpc) is 3.28. The van der Waals surface area contributed by atoms with Crippen molar-refractivity contribution in [1.82, 2.24) is 19.7 Å². The van der Waals surface area contributed by atoms with Gasteiger partial charge in [0.15, 0.2) is 0 Å². The van der Waals surface area contributed by atoms with E-state index in [1.165, 1.54) is 23.4 Å². The molecule has 0 saturated heterocycles. The van der Waals surface area contributed by atoms with Crippen molar-refractivity contribution in [1.29, 1.82) is 0 Å². The number of aromatic nitrogens is 4. The summed E-state index contributed by atoms with van der Waals surface area (Å²) < 4.78 is 15.0. The maximum Gasteiger partial charge on any atom is 0.137 e. The summed E-state index contributed by atoms with van der Waals surface area (Å²) in [6, 6.07) is 15.7. The van der Waals surface area contributed by atoms with Crippen molar-refractivity contribution in [3.05, 3.63) is 84.3 Å². The zero-order chi connectivity index (χ0) is 20.4. The number of hydrogen-bond acceptors (Lipinski definition) is 5. The third-order valence-electron chi connectivity index (χ3n) is 5.15. The Labute approximate surface area is 172 Å². The summed E-state index contributed by atoms with van der Waals surface area (Å²) in [4.78, 5) is 9.96. The molecule has 0 amide bonds. The Bertz CT molecular complexity index is 1100. The Morgan fingerprint density at radius 1 is 1.07 bits per heavy atom. The lowest BCUT2D eigenvalue weighted by molar-refractivity contribution is 0.100. The molecule has 0 bridgehead atoms. The molecular formula is C22H21FN4OS. The van der Waals surface area contributed by atoms with Crippen LogP contribution in [0.1, 0.15) is 30.1 Å². The highest BCUT2D eigenvalue weighted by Gasteiger charge is 2.30. The van der Waals surface area contributed by atoms with E-state index in [-0.39, 0.29) is 11.7 Å². The molecule has 2 aromatic carbocycles. The van der Waals surface area contributed by atoms with Crippen LogP contribution >= 0.6 is 11.8 Å². The third kappa shape index (κ3) is 4.02. The van der Waals surface area contributed by atoms with Crippen LogP contribution in [0.4, 0.5) is 4.39 Å². The minimum Gasteiger partial charge on any atom is -0.390 e. The lowest BCUT2D eigenvalue weighted by atomic mass is 9.90. The Morgan fingerprint density at radius 3 is 2.55 bits per heavy atom. The number of aliphatic hydroxyl groups excluding tert-OH is 1. The summed E-state index contributed by atoms with van der Waals surface area (Å²) in [5.74, 6) is -0.603. The summed E-state index contributed by atoms with van der Waals surface area (Å²) in [6.45, 7) is 1.93. The van der Waals surface area contributed by atoms with E-state index in [4.69, 9.17) is 4.98 Å². The number of rotatable bonds is 6. The van der Waals surface area contributed by atoms with Crippen molar-refractivity contribution < 1.29 is 9.50 Å².